The lowest BCUT2D eigenvalue weighted by atomic mass is 9.90. The summed E-state index contributed by atoms with van der Waals surface area (Å²) in [5, 5.41) is 20.2. The predicted octanol–water partition coefficient (Wildman–Crippen LogP) is 1.88. The molecule has 5 nitrogen and oxygen atoms in total. The van der Waals surface area contributed by atoms with Gasteiger partial charge in [0.1, 0.15) is 12.9 Å². The Bertz CT molecular complexity index is 300. The van der Waals surface area contributed by atoms with Crippen LogP contribution >= 0.6 is 0 Å². The first-order chi connectivity index (χ1) is 9.10. The smallest absolute Gasteiger partial charge is 0.192 e. The molecule has 0 amide bonds. The van der Waals surface area contributed by atoms with Gasteiger partial charge in [0.05, 0.1) is 18.3 Å². The molecule has 0 aromatic rings. The zero-order valence-corrected chi connectivity index (χ0v) is 14.5. The van der Waals surface area contributed by atoms with Crippen molar-refractivity contribution in [2.24, 2.45) is 0 Å². The minimum absolute atomic E-state index is 0.0426. The SMILES string of the molecule is COCO[C@@H]1CC[C@@H](O)[C@@H](O)[C@@H]1O[Si](C)(C)C(C)(C)C. The largest absolute Gasteiger partial charge is 0.409 e. The van der Waals surface area contributed by atoms with Crippen molar-refractivity contribution in [1.82, 2.24) is 0 Å². The molecule has 0 aliphatic heterocycles. The van der Waals surface area contributed by atoms with Crippen LogP contribution in [0.2, 0.25) is 18.1 Å². The molecule has 0 aromatic heterocycles. The Balaban J connectivity index is 2.83. The standard InChI is InChI=1S/C14H30O5Si/c1-14(2,3)20(5,6)19-13-11(18-9-17-4)8-7-10(15)12(13)16/h10-13,15-16H,7-9H2,1-6H3/t10-,11-,12-,13-/m1/s1. The van der Waals surface area contributed by atoms with Gasteiger partial charge in [-0.1, -0.05) is 20.8 Å². The lowest BCUT2D eigenvalue weighted by Crippen LogP contribution is -2.57. The third-order valence-electron chi connectivity index (χ3n) is 4.48. The van der Waals surface area contributed by atoms with E-state index in [2.05, 4.69) is 33.9 Å². The van der Waals surface area contributed by atoms with Gasteiger partial charge in [-0.2, -0.15) is 0 Å². The Labute approximate surface area is 123 Å². The maximum Gasteiger partial charge on any atom is 0.192 e. The second-order valence-corrected chi connectivity index (χ2v) is 11.8. The molecular formula is C14H30O5Si. The number of hydrogen-bond donors (Lipinski definition) is 2. The lowest BCUT2D eigenvalue weighted by Gasteiger charge is -2.45. The molecule has 0 bridgehead atoms. The maximum atomic E-state index is 10.3. The molecular weight excluding hydrogens is 276 g/mol. The first-order valence-corrected chi connectivity index (χ1v) is 10.2. The van der Waals surface area contributed by atoms with Crippen LogP contribution in [0.5, 0.6) is 0 Å². The van der Waals surface area contributed by atoms with E-state index in [1.807, 2.05) is 0 Å². The van der Waals surface area contributed by atoms with Crippen LogP contribution in [0.4, 0.5) is 0 Å². The fraction of sp³-hybridized carbons (Fsp3) is 1.00. The van der Waals surface area contributed by atoms with Crippen LogP contribution < -0.4 is 0 Å². The van der Waals surface area contributed by atoms with Crippen LogP contribution in [0.3, 0.4) is 0 Å². The number of aliphatic hydroxyl groups is 2. The molecule has 20 heavy (non-hydrogen) atoms. The highest BCUT2D eigenvalue weighted by molar-refractivity contribution is 6.74. The zero-order valence-electron chi connectivity index (χ0n) is 13.5. The van der Waals surface area contributed by atoms with Crippen molar-refractivity contribution in [3.05, 3.63) is 0 Å². The van der Waals surface area contributed by atoms with Gasteiger partial charge in [0.15, 0.2) is 8.32 Å². The highest BCUT2D eigenvalue weighted by Gasteiger charge is 2.46. The van der Waals surface area contributed by atoms with Crippen LogP contribution in [-0.4, -0.2) is 56.8 Å². The molecule has 6 heteroatoms. The van der Waals surface area contributed by atoms with Gasteiger partial charge in [-0.15, -0.1) is 0 Å². The van der Waals surface area contributed by atoms with E-state index >= 15 is 0 Å². The average Bonchev–Trinajstić information content (AvgIpc) is 2.32. The van der Waals surface area contributed by atoms with Crippen LogP contribution in [-0.2, 0) is 13.9 Å². The Morgan fingerprint density at radius 1 is 1.15 bits per heavy atom. The van der Waals surface area contributed by atoms with Gasteiger partial charge in [-0.05, 0) is 31.0 Å². The van der Waals surface area contributed by atoms with Crippen molar-refractivity contribution in [2.75, 3.05) is 13.9 Å². The Morgan fingerprint density at radius 2 is 1.75 bits per heavy atom. The van der Waals surface area contributed by atoms with E-state index < -0.39 is 26.6 Å². The molecule has 0 aromatic carbocycles. The van der Waals surface area contributed by atoms with Crippen LogP contribution in [0.15, 0.2) is 0 Å². The van der Waals surface area contributed by atoms with Crippen molar-refractivity contribution in [1.29, 1.82) is 0 Å². The van der Waals surface area contributed by atoms with Gasteiger partial charge < -0.3 is 24.1 Å². The fourth-order valence-electron chi connectivity index (χ4n) is 2.11. The van der Waals surface area contributed by atoms with E-state index in [9.17, 15) is 10.2 Å². The number of ether oxygens (including phenoxy) is 2. The molecule has 1 saturated carbocycles. The summed E-state index contributed by atoms with van der Waals surface area (Å²) in [5.41, 5.74) is 0. The summed E-state index contributed by atoms with van der Waals surface area (Å²) < 4.78 is 16.9. The quantitative estimate of drug-likeness (QED) is 0.599. The third-order valence-corrected chi connectivity index (χ3v) is 8.95. The summed E-state index contributed by atoms with van der Waals surface area (Å²) in [4.78, 5) is 0. The highest BCUT2D eigenvalue weighted by atomic mass is 28.4. The predicted molar refractivity (Wildman–Crippen MR) is 80.1 cm³/mol. The topological polar surface area (TPSA) is 68.2 Å². The number of rotatable bonds is 5. The minimum Gasteiger partial charge on any atom is -0.409 e. The van der Waals surface area contributed by atoms with E-state index in [-0.39, 0.29) is 17.9 Å². The van der Waals surface area contributed by atoms with Crippen molar-refractivity contribution < 1.29 is 24.1 Å². The molecule has 1 fully saturated rings. The molecule has 0 radical (unpaired) electrons. The van der Waals surface area contributed by atoms with Crippen molar-refractivity contribution in [3.8, 4) is 0 Å². The Morgan fingerprint density at radius 3 is 2.25 bits per heavy atom. The molecule has 0 saturated heterocycles. The van der Waals surface area contributed by atoms with Crippen molar-refractivity contribution in [2.45, 2.75) is 76.2 Å². The maximum absolute atomic E-state index is 10.3. The van der Waals surface area contributed by atoms with Crippen LogP contribution in [0.25, 0.3) is 0 Å². The summed E-state index contributed by atoms with van der Waals surface area (Å²) in [6.07, 6.45) is -1.18. The minimum atomic E-state index is -2.04. The second kappa shape index (κ2) is 6.85. The molecule has 1 aliphatic carbocycles. The van der Waals surface area contributed by atoms with E-state index in [1.165, 1.54) is 0 Å². The fourth-order valence-corrected chi connectivity index (χ4v) is 3.43. The normalized spacial score (nSPS) is 32.4. The van der Waals surface area contributed by atoms with E-state index in [4.69, 9.17) is 13.9 Å². The first kappa shape index (κ1) is 18.1. The molecule has 0 heterocycles. The molecule has 0 unspecified atom stereocenters. The number of methoxy groups -OCH3 is 1. The molecule has 120 valence electrons. The van der Waals surface area contributed by atoms with Crippen molar-refractivity contribution in [3.63, 3.8) is 0 Å². The monoisotopic (exact) mass is 306 g/mol. The highest BCUT2D eigenvalue weighted by Crippen LogP contribution is 2.39. The van der Waals surface area contributed by atoms with Gasteiger partial charge in [0, 0.05) is 7.11 Å². The van der Waals surface area contributed by atoms with Gasteiger partial charge in [-0.3, -0.25) is 0 Å². The molecule has 1 rings (SSSR count). The third kappa shape index (κ3) is 4.25. The number of hydrogen-bond acceptors (Lipinski definition) is 5. The summed E-state index contributed by atoms with van der Waals surface area (Å²) >= 11 is 0. The summed E-state index contributed by atoms with van der Waals surface area (Å²) in [6, 6.07) is 0. The Hall–Kier alpha value is 0.0169. The molecule has 1 aliphatic rings. The van der Waals surface area contributed by atoms with Crippen LogP contribution in [0.1, 0.15) is 33.6 Å². The van der Waals surface area contributed by atoms with Gasteiger partial charge in [-0.25, -0.2) is 0 Å². The van der Waals surface area contributed by atoms with Gasteiger partial charge in [0.25, 0.3) is 0 Å². The average molecular weight is 306 g/mol. The van der Waals surface area contributed by atoms with Gasteiger partial charge >= 0.3 is 0 Å². The number of aliphatic hydroxyl groups excluding tert-OH is 2. The second-order valence-electron chi connectivity index (χ2n) is 7.09. The zero-order chi connectivity index (χ0) is 15.6. The summed E-state index contributed by atoms with van der Waals surface area (Å²) in [7, 11) is -0.469. The molecule has 2 N–H and O–H groups in total. The van der Waals surface area contributed by atoms with E-state index in [0.717, 1.165) is 0 Å². The van der Waals surface area contributed by atoms with Crippen LogP contribution in [0, 0.1) is 0 Å². The van der Waals surface area contributed by atoms with Gasteiger partial charge in [0.2, 0.25) is 0 Å². The Kier molecular flexibility index (Phi) is 6.19. The van der Waals surface area contributed by atoms with E-state index in [0.29, 0.717) is 12.8 Å². The lowest BCUT2D eigenvalue weighted by molar-refractivity contribution is -0.174. The van der Waals surface area contributed by atoms with Crippen molar-refractivity contribution >= 4 is 8.32 Å². The molecule has 0 spiro atoms. The summed E-state index contributed by atoms with van der Waals surface area (Å²) in [5.74, 6) is 0. The van der Waals surface area contributed by atoms with E-state index in [1.54, 1.807) is 7.11 Å². The summed E-state index contributed by atoms with van der Waals surface area (Å²) in [6.45, 7) is 10.9. The molecule has 4 atom stereocenters. The first-order valence-electron chi connectivity index (χ1n) is 7.24.